The second-order valence-corrected chi connectivity index (χ2v) is 6.43. The molecule has 4 nitrogen and oxygen atoms in total. The average molecular weight is 227 g/mol. The van der Waals surface area contributed by atoms with Crippen LogP contribution in [0.5, 0.6) is 0 Å². The third-order valence-corrected chi connectivity index (χ3v) is 5.16. The van der Waals surface area contributed by atoms with Crippen LogP contribution in [-0.2, 0) is 20.1 Å². The van der Waals surface area contributed by atoms with E-state index in [0.29, 0.717) is 0 Å². The molecule has 0 saturated carbocycles. The van der Waals surface area contributed by atoms with Crippen molar-refractivity contribution in [3.63, 3.8) is 0 Å². The molecule has 0 rings (SSSR count). The summed E-state index contributed by atoms with van der Waals surface area (Å²) in [6.07, 6.45) is 0. The Kier molecular flexibility index (Phi) is 7.24. The zero-order valence-corrected chi connectivity index (χ0v) is 9.37. The van der Waals surface area contributed by atoms with Gasteiger partial charge in [-0.15, -0.1) is 0 Å². The van der Waals surface area contributed by atoms with Crippen molar-refractivity contribution in [2.45, 2.75) is 18.4 Å². The Morgan fingerprint density at radius 1 is 1.42 bits per heavy atom. The molecule has 0 aromatic heterocycles. The Balaban J connectivity index is 0. The van der Waals surface area contributed by atoms with Crippen LogP contribution in [0.3, 0.4) is 0 Å². The Labute approximate surface area is 90.9 Å². The van der Waals surface area contributed by atoms with E-state index in [1.165, 1.54) is 13.8 Å². The van der Waals surface area contributed by atoms with Crippen molar-refractivity contribution >= 4 is 30.8 Å². The fraction of sp³-hybridized carbons (Fsp3) is 1.00. The molecular formula is C4H8ClLiO4S2. The third-order valence-electron chi connectivity index (χ3n) is 1.01. The van der Waals surface area contributed by atoms with E-state index in [0.717, 1.165) is 0 Å². The largest absolute Gasteiger partial charge is 1.00 e. The van der Waals surface area contributed by atoms with Gasteiger partial charge in [-0.1, -0.05) is 13.8 Å². The molecule has 0 aromatic carbocycles. The minimum Gasteiger partial charge on any atom is -0.771 e. The molecule has 8 heteroatoms. The van der Waals surface area contributed by atoms with Gasteiger partial charge >= 0.3 is 18.9 Å². The van der Waals surface area contributed by atoms with Gasteiger partial charge in [0.2, 0.25) is 9.05 Å². The molecule has 0 amide bonds. The second kappa shape index (κ2) is 5.63. The average Bonchev–Trinajstić information content (AvgIpc) is 1.54. The monoisotopic (exact) mass is 226 g/mol. The molecule has 0 spiro atoms. The van der Waals surface area contributed by atoms with Crippen LogP contribution in [0.2, 0.25) is 0 Å². The maximum absolute atomic E-state index is 10.6. The van der Waals surface area contributed by atoms with Crippen molar-refractivity contribution in [3.8, 4) is 0 Å². The zero-order chi connectivity index (χ0) is 9.23. The molecule has 0 aromatic rings. The molecule has 0 fully saturated rings. The van der Waals surface area contributed by atoms with Crippen molar-refractivity contribution in [2.75, 3.05) is 0 Å². The zero-order valence-electron chi connectivity index (χ0n) is 6.98. The van der Waals surface area contributed by atoms with Crippen molar-refractivity contribution in [1.29, 1.82) is 0 Å². The van der Waals surface area contributed by atoms with Gasteiger partial charge in [-0.25, -0.2) is 8.42 Å². The summed E-state index contributed by atoms with van der Waals surface area (Å²) >= 11 is -2.67. The number of hydrogen-bond donors (Lipinski definition) is 0. The van der Waals surface area contributed by atoms with Crippen LogP contribution in [0.25, 0.3) is 0 Å². The predicted molar refractivity (Wildman–Crippen MR) is 42.3 cm³/mol. The van der Waals surface area contributed by atoms with Crippen LogP contribution < -0.4 is 18.9 Å². The van der Waals surface area contributed by atoms with Gasteiger partial charge in [0.25, 0.3) is 0 Å². The van der Waals surface area contributed by atoms with E-state index < -0.39 is 30.6 Å². The maximum Gasteiger partial charge on any atom is 1.00 e. The van der Waals surface area contributed by atoms with Crippen molar-refractivity contribution in [1.82, 2.24) is 0 Å². The summed E-state index contributed by atoms with van der Waals surface area (Å²) in [7, 11) is 0.864. The molecule has 12 heavy (non-hydrogen) atoms. The topological polar surface area (TPSA) is 74.3 Å². The van der Waals surface area contributed by atoms with Gasteiger partial charge in [-0.3, -0.25) is 4.21 Å². The third kappa shape index (κ3) is 4.85. The van der Waals surface area contributed by atoms with Crippen molar-refractivity contribution in [3.05, 3.63) is 0 Å². The quantitative estimate of drug-likeness (QED) is 0.301. The fourth-order valence-corrected chi connectivity index (χ4v) is 3.64. The molecule has 2 atom stereocenters. The van der Waals surface area contributed by atoms with Gasteiger partial charge < -0.3 is 4.55 Å². The SMILES string of the molecule is CC(C)C(S(=O)[O-])S(=O)(=O)Cl.[Li+]. The van der Waals surface area contributed by atoms with Crippen LogP contribution in [0, 0.1) is 5.92 Å². The smallest absolute Gasteiger partial charge is 0.771 e. The Morgan fingerprint density at radius 3 is 1.75 bits per heavy atom. The van der Waals surface area contributed by atoms with E-state index in [2.05, 4.69) is 0 Å². The molecule has 68 valence electrons. The van der Waals surface area contributed by atoms with E-state index in [9.17, 15) is 17.2 Å². The number of hydrogen-bond acceptors (Lipinski definition) is 4. The van der Waals surface area contributed by atoms with Gasteiger partial charge in [0, 0.05) is 10.7 Å². The van der Waals surface area contributed by atoms with E-state index >= 15 is 0 Å². The fourth-order valence-electron chi connectivity index (χ4n) is 0.641. The summed E-state index contributed by atoms with van der Waals surface area (Å²) in [5.74, 6) is -0.532. The van der Waals surface area contributed by atoms with Gasteiger partial charge in [0.1, 0.15) is 4.58 Å². The summed E-state index contributed by atoms with van der Waals surface area (Å²) in [6.45, 7) is 2.95. The van der Waals surface area contributed by atoms with E-state index in [1.54, 1.807) is 0 Å². The molecule has 0 aliphatic heterocycles. The normalized spacial score (nSPS) is 16.8. The molecule has 0 bridgehead atoms. The van der Waals surface area contributed by atoms with Gasteiger partial charge in [0.05, 0.1) is 0 Å². The van der Waals surface area contributed by atoms with Crippen LogP contribution in [0.15, 0.2) is 0 Å². The first kappa shape index (κ1) is 15.4. The summed E-state index contributed by atoms with van der Waals surface area (Å²) in [5, 5.41) is 0. The van der Waals surface area contributed by atoms with Crippen LogP contribution in [0.1, 0.15) is 13.8 Å². The van der Waals surface area contributed by atoms with Crippen molar-refractivity contribution < 1.29 is 36.0 Å². The summed E-state index contributed by atoms with van der Waals surface area (Å²) in [4.78, 5) is 0. The Morgan fingerprint density at radius 2 is 1.75 bits per heavy atom. The number of rotatable bonds is 3. The van der Waals surface area contributed by atoms with E-state index in [4.69, 9.17) is 10.7 Å². The second-order valence-electron chi connectivity index (χ2n) is 2.35. The Hall–Kier alpha value is 0.947. The molecule has 0 aliphatic carbocycles. The molecule has 0 heterocycles. The maximum atomic E-state index is 10.6. The first-order chi connectivity index (χ1) is 4.76. The molecule has 0 radical (unpaired) electrons. The summed E-state index contributed by atoms with van der Waals surface area (Å²) < 4.78 is 40.3. The molecule has 0 N–H and O–H groups in total. The standard InChI is InChI=1S/C4H9ClO4S2.Li/c1-3(2)4(10(6)7)11(5,8)9;/h3-4H,1-2H3,(H,6,7);/q;+1/p-1. The van der Waals surface area contributed by atoms with Crippen LogP contribution >= 0.6 is 10.7 Å². The number of halogens is 1. The molecule has 0 aliphatic rings. The minimum atomic E-state index is -4.00. The van der Waals surface area contributed by atoms with E-state index in [-0.39, 0.29) is 18.9 Å². The Bertz CT molecular complexity index is 250. The minimum absolute atomic E-state index is 0. The van der Waals surface area contributed by atoms with Crippen molar-refractivity contribution in [2.24, 2.45) is 5.92 Å². The van der Waals surface area contributed by atoms with Crippen LogP contribution in [-0.4, -0.2) is 21.8 Å². The summed E-state index contributed by atoms with van der Waals surface area (Å²) in [5.41, 5.74) is 0. The molecular weight excluding hydrogens is 219 g/mol. The molecule has 2 unspecified atom stereocenters. The van der Waals surface area contributed by atoms with Gasteiger partial charge in [-0.2, -0.15) is 0 Å². The van der Waals surface area contributed by atoms with Crippen LogP contribution in [0.4, 0.5) is 0 Å². The summed E-state index contributed by atoms with van der Waals surface area (Å²) in [6, 6.07) is 0. The first-order valence-corrected chi connectivity index (χ1v) is 6.29. The first-order valence-electron chi connectivity index (χ1n) is 2.78. The predicted octanol–water partition coefficient (Wildman–Crippen LogP) is -2.58. The van der Waals surface area contributed by atoms with Gasteiger partial charge in [-0.05, 0) is 17.0 Å². The molecule has 0 saturated heterocycles. The van der Waals surface area contributed by atoms with E-state index in [1.807, 2.05) is 0 Å². The van der Waals surface area contributed by atoms with Gasteiger partial charge in [0.15, 0.2) is 0 Å².